The Morgan fingerprint density at radius 3 is 2.14 bits per heavy atom. The Labute approximate surface area is 82.2 Å². The number of ether oxygens (including phenoxy) is 1. The Kier molecular flexibility index (Phi) is 5.28. The van der Waals surface area contributed by atoms with Gasteiger partial charge in [0.2, 0.25) is 11.8 Å². The van der Waals surface area contributed by atoms with E-state index in [1.54, 1.807) is 0 Å². The zero-order valence-electron chi connectivity index (χ0n) is 8.49. The molecule has 0 aromatic carbocycles. The van der Waals surface area contributed by atoms with Crippen molar-refractivity contribution in [1.82, 2.24) is 10.2 Å². The van der Waals surface area contributed by atoms with Gasteiger partial charge in [0.25, 0.3) is 0 Å². The summed E-state index contributed by atoms with van der Waals surface area (Å²) in [5.41, 5.74) is 0. The van der Waals surface area contributed by atoms with Gasteiger partial charge in [-0.3, -0.25) is 19.3 Å². The second-order valence-corrected chi connectivity index (χ2v) is 2.71. The molecule has 0 saturated carbocycles. The highest BCUT2D eigenvalue weighted by Gasteiger charge is 2.09. The second-order valence-electron chi connectivity index (χ2n) is 2.71. The van der Waals surface area contributed by atoms with Crippen LogP contribution in [0.25, 0.3) is 0 Å². The van der Waals surface area contributed by atoms with Crippen LogP contribution in [0.5, 0.6) is 0 Å². The molecule has 0 aliphatic carbocycles. The molecule has 0 spiro atoms. The standard InChI is InChI=1S/C8H14N2O4/c1-6(11)9-4-10(7(2)12)5-14-8(3)13/h4-5H2,1-3H3,(H,9,11). The van der Waals surface area contributed by atoms with Gasteiger partial charge in [-0.15, -0.1) is 0 Å². The summed E-state index contributed by atoms with van der Waals surface area (Å²) in [4.78, 5) is 33.2. The molecule has 0 bridgehead atoms. The Bertz CT molecular complexity index is 221. The van der Waals surface area contributed by atoms with Crippen molar-refractivity contribution in [2.24, 2.45) is 0 Å². The summed E-state index contributed by atoms with van der Waals surface area (Å²) in [6.07, 6.45) is 0. The number of nitrogens with one attached hydrogen (secondary N) is 1. The highest BCUT2D eigenvalue weighted by atomic mass is 16.5. The number of hydrogen-bond donors (Lipinski definition) is 1. The van der Waals surface area contributed by atoms with Gasteiger partial charge in [0.1, 0.15) is 0 Å². The van der Waals surface area contributed by atoms with Crippen molar-refractivity contribution in [2.45, 2.75) is 20.8 Å². The van der Waals surface area contributed by atoms with Crippen LogP contribution in [-0.2, 0) is 19.1 Å². The van der Waals surface area contributed by atoms with Gasteiger partial charge >= 0.3 is 5.97 Å². The van der Waals surface area contributed by atoms with Crippen molar-refractivity contribution < 1.29 is 19.1 Å². The first-order valence-electron chi connectivity index (χ1n) is 4.06. The maximum absolute atomic E-state index is 11.0. The highest BCUT2D eigenvalue weighted by Crippen LogP contribution is 1.89. The van der Waals surface area contributed by atoms with Crippen LogP contribution < -0.4 is 5.32 Å². The summed E-state index contributed by atoms with van der Waals surface area (Å²) >= 11 is 0. The van der Waals surface area contributed by atoms with Crippen LogP contribution in [0.15, 0.2) is 0 Å². The molecule has 0 atom stereocenters. The third-order valence-electron chi connectivity index (χ3n) is 1.39. The zero-order valence-corrected chi connectivity index (χ0v) is 8.49. The van der Waals surface area contributed by atoms with E-state index in [4.69, 9.17) is 0 Å². The van der Waals surface area contributed by atoms with Crippen molar-refractivity contribution in [2.75, 3.05) is 13.4 Å². The van der Waals surface area contributed by atoms with E-state index in [1.165, 1.54) is 25.7 Å². The van der Waals surface area contributed by atoms with Gasteiger partial charge in [0, 0.05) is 20.8 Å². The van der Waals surface area contributed by atoms with Crippen LogP contribution in [0, 0.1) is 0 Å². The van der Waals surface area contributed by atoms with E-state index < -0.39 is 5.97 Å². The van der Waals surface area contributed by atoms with Crippen LogP contribution in [0.3, 0.4) is 0 Å². The fourth-order valence-electron chi connectivity index (χ4n) is 0.623. The van der Waals surface area contributed by atoms with Crippen molar-refractivity contribution in [1.29, 1.82) is 0 Å². The van der Waals surface area contributed by atoms with Crippen molar-refractivity contribution in [3.8, 4) is 0 Å². The summed E-state index contributed by atoms with van der Waals surface area (Å²) in [5, 5.41) is 2.43. The maximum Gasteiger partial charge on any atom is 0.304 e. The highest BCUT2D eigenvalue weighted by molar-refractivity contribution is 5.76. The molecule has 6 nitrogen and oxygen atoms in total. The topological polar surface area (TPSA) is 75.7 Å². The third kappa shape index (κ3) is 5.99. The molecule has 0 aliphatic rings. The Balaban J connectivity index is 3.96. The quantitative estimate of drug-likeness (QED) is 0.490. The van der Waals surface area contributed by atoms with E-state index in [1.807, 2.05) is 0 Å². The first-order valence-corrected chi connectivity index (χ1v) is 4.06. The average molecular weight is 202 g/mol. The van der Waals surface area contributed by atoms with E-state index >= 15 is 0 Å². The number of hydrogen-bond acceptors (Lipinski definition) is 4. The van der Waals surface area contributed by atoms with Crippen molar-refractivity contribution in [3.05, 3.63) is 0 Å². The normalized spacial score (nSPS) is 9.07. The van der Waals surface area contributed by atoms with Crippen LogP contribution >= 0.6 is 0 Å². The monoisotopic (exact) mass is 202 g/mol. The minimum Gasteiger partial charge on any atom is -0.444 e. The molecule has 0 heterocycles. The molecule has 2 amide bonds. The maximum atomic E-state index is 11.0. The molecule has 0 aliphatic heterocycles. The SMILES string of the molecule is CC(=O)NCN(COC(C)=O)C(C)=O. The fourth-order valence-corrected chi connectivity index (χ4v) is 0.623. The second kappa shape index (κ2) is 5.95. The molecule has 0 rings (SSSR count). The first-order chi connectivity index (χ1) is 6.43. The zero-order chi connectivity index (χ0) is 11.1. The summed E-state index contributed by atoms with van der Waals surface area (Å²) in [5.74, 6) is -1.00. The average Bonchev–Trinajstić information content (AvgIpc) is 2.02. The van der Waals surface area contributed by atoms with Crippen LogP contribution in [0.1, 0.15) is 20.8 Å². The summed E-state index contributed by atoms with van der Waals surface area (Å²) < 4.78 is 4.61. The molecular formula is C8H14N2O4. The minimum atomic E-state index is -0.473. The molecule has 0 fully saturated rings. The van der Waals surface area contributed by atoms with Gasteiger partial charge < -0.3 is 10.1 Å². The predicted molar refractivity (Wildman–Crippen MR) is 47.8 cm³/mol. The number of carbonyl (C=O) groups is 3. The lowest BCUT2D eigenvalue weighted by molar-refractivity contribution is -0.150. The van der Waals surface area contributed by atoms with Crippen LogP contribution in [0.4, 0.5) is 0 Å². The Morgan fingerprint density at radius 1 is 1.21 bits per heavy atom. The lowest BCUT2D eigenvalue weighted by Crippen LogP contribution is -2.41. The summed E-state index contributed by atoms with van der Waals surface area (Å²) in [6, 6.07) is 0. The third-order valence-corrected chi connectivity index (χ3v) is 1.39. The number of rotatable bonds is 4. The lowest BCUT2D eigenvalue weighted by Gasteiger charge is -2.20. The summed E-state index contributed by atoms with van der Waals surface area (Å²) in [7, 11) is 0. The smallest absolute Gasteiger partial charge is 0.304 e. The molecule has 0 unspecified atom stereocenters. The minimum absolute atomic E-state index is 0.0396. The molecule has 14 heavy (non-hydrogen) atoms. The number of amides is 2. The van der Waals surface area contributed by atoms with Crippen LogP contribution in [-0.4, -0.2) is 36.1 Å². The van der Waals surface area contributed by atoms with Crippen LogP contribution in [0.2, 0.25) is 0 Å². The van der Waals surface area contributed by atoms with Crippen molar-refractivity contribution >= 4 is 17.8 Å². The Hall–Kier alpha value is -1.59. The lowest BCUT2D eigenvalue weighted by atomic mass is 10.6. The van der Waals surface area contributed by atoms with Gasteiger partial charge in [-0.25, -0.2) is 0 Å². The van der Waals surface area contributed by atoms with E-state index in [0.29, 0.717) is 0 Å². The van der Waals surface area contributed by atoms with E-state index in [0.717, 1.165) is 0 Å². The molecule has 0 saturated heterocycles. The van der Waals surface area contributed by atoms with Gasteiger partial charge in [0.05, 0.1) is 6.67 Å². The molecule has 80 valence electrons. The van der Waals surface area contributed by atoms with Gasteiger partial charge in [-0.05, 0) is 0 Å². The summed E-state index contributed by atoms with van der Waals surface area (Å²) in [6.45, 7) is 3.80. The van der Waals surface area contributed by atoms with E-state index in [-0.39, 0.29) is 25.2 Å². The molecule has 0 aromatic rings. The van der Waals surface area contributed by atoms with Gasteiger partial charge in [-0.1, -0.05) is 0 Å². The number of nitrogens with zero attached hydrogens (tertiary/aromatic N) is 1. The fraction of sp³-hybridized carbons (Fsp3) is 0.625. The molecule has 1 N–H and O–H groups in total. The van der Waals surface area contributed by atoms with Crippen molar-refractivity contribution in [3.63, 3.8) is 0 Å². The molecule has 0 radical (unpaired) electrons. The molecule has 6 heteroatoms. The molecular weight excluding hydrogens is 188 g/mol. The molecule has 0 aromatic heterocycles. The number of carbonyl (C=O) groups excluding carboxylic acids is 3. The largest absolute Gasteiger partial charge is 0.444 e. The van der Waals surface area contributed by atoms with Gasteiger partial charge in [-0.2, -0.15) is 0 Å². The first kappa shape index (κ1) is 12.4. The Morgan fingerprint density at radius 2 is 1.79 bits per heavy atom. The predicted octanol–water partition coefficient (Wildman–Crippen LogP) is -0.551. The van der Waals surface area contributed by atoms with Gasteiger partial charge in [0.15, 0.2) is 6.73 Å². The van der Waals surface area contributed by atoms with E-state index in [9.17, 15) is 14.4 Å². The number of esters is 1. The van der Waals surface area contributed by atoms with E-state index in [2.05, 4.69) is 10.1 Å².